The first-order valence-corrected chi connectivity index (χ1v) is 8.72. The number of hydrogen-bond acceptors (Lipinski definition) is 1. The molecule has 20 heavy (non-hydrogen) atoms. The van der Waals surface area contributed by atoms with Crippen LogP contribution in [0.2, 0.25) is 0 Å². The molecule has 0 spiro atoms. The van der Waals surface area contributed by atoms with Crippen LogP contribution in [0.3, 0.4) is 0 Å². The van der Waals surface area contributed by atoms with Gasteiger partial charge in [0.25, 0.3) is 0 Å². The van der Waals surface area contributed by atoms with E-state index in [0.717, 1.165) is 11.8 Å². The minimum absolute atomic E-state index is 0.595. The Hall–Kier alpha value is -0.820. The molecule has 1 aromatic rings. The van der Waals surface area contributed by atoms with Crippen LogP contribution in [0.15, 0.2) is 30.3 Å². The summed E-state index contributed by atoms with van der Waals surface area (Å²) in [4.78, 5) is 0. The molecule has 0 heterocycles. The van der Waals surface area contributed by atoms with Gasteiger partial charge in [0.05, 0.1) is 0 Å². The Kier molecular flexibility index (Phi) is 5.13. The number of hydrogen-bond donors (Lipinski definition) is 1. The Labute approximate surface area is 124 Å². The van der Waals surface area contributed by atoms with Crippen molar-refractivity contribution in [3.63, 3.8) is 0 Å². The molecule has 1 unspecified atom stereocenters. The van der Waals surface area contributed by atoms with E-state index in [1.807, 2.05) is 0 Å². The van der Waals surface area contributed by atoms with E-state index in [1.165, 1.54) is 69.9 Å². The number of rotatable bonds is 5. The quantitative estimate of drug-likeness (QED) is 0.786. The summed E-state index contributed by atoms with van der Waals surface area (Å²) in [6.07, 6.45) is 12.9. The van der Waals surface area contributed by atoms with Crippen molar-refractivity contribution in [1.29, 1.82) is 0 Å². The van der Waals surface area contributed by atoms with E-state index in [1.54, 1.807) is 0 Å². The summed E-state index contributed by atoms with van der Waals surface area (Å²) in [6.45, 7) is 1.23. The van der Waals surface area contributed by atoms with Crippen LogP contribution in [0.4, 0.5) is 0 Å². The Morgan fingerprint density at radius 3 is 2.20 bits per heavy atom. The molecule has 0 aliphatic heterocycles. The van der Waals surface area contributed by atoms with Crippen molar-refractivity contribution in [2.45, 2.75) is 63.8 Å². The average molecular weight is 271 g/mol. The summed E-state index contributed by atoms with van der Waals surface area (Å²) < 4.78 is 0. The highest BCUT2D eigenvalue weighted by molar-refractivity contribution is 5.20. The molecule has 2 aliphatic carbocycles. The molecule has 0 radical (unpaired) electrons. The fourth-order valence-electron chi connectivity index (χ4n) is 4.19. The van der Waals surface area contributed by atoms with Crippen molar-refractivity contribution >= 4 is 0 Å². The first-order valence-electron chi connectivity index (χ1n) is 8.72. The first kappa shape index (κ1) is 14.1. The summed E-state index contributed by atoms with van der Waals surface area (Å²) in [5, 5.41) is 3.95. The van der Waals surface area contributed by atoms with Crippen molar-refractivity contribution in [2.75, 3.05) is 6.54 Å². The van der Waals surface area contributed by atoms with Crippen molar-refractivity contribution in [1.82, 2.24) is 5.32 Å². The topological polar surface area (TPSA) is 12.0 Å². The zero-order valence-electron chi connectivity index (χ0n) is 12.7. The molecule has 0 saturated heterocycles. The van der Waals surface area contributed by atoms with Gasteiger partial charge in [-0.25, -0.2) is 0 Å². The SMILES string of the molecule is c1ccc(C(NCC2CCCC2)C2CCCCC2)cc1. The molecule has 1 nitrogen and oxygen atoms in total. The van der Waals surface area contributed by atoms with Crippen molar-refractivity contribution < 1.29 is 0 Å². The zero-order valence-corrected chi connectivity index (χ0v) is 12.7. The molecular formula is C19H29N. The Bertz CT molecular complexity index is 374. The number of benzene rings is 1. The van der Waals surface area contributed by atoms with Gasteiger partial charge >= 0.3 is 0 Å². The molecule has 1 aromatic carbocycles. The van der Waals surface area contributed by atoms with E-state index in [0.29, 0.717) is 6.04 Å². The summed E-state index contributed by atoms with van der Waals surface area (Å²) in [7, 11) is 0. The lowest BCUT2D eigenvalue weighted by molar-refractivity contribution is 0.262. The van der Waals surface area contributed by atoms with Gasteiger partial charge in [-0.3, -0.25) is 0 Å². The predicted molar refractivity (Wildman–Crippen MR) is 85.7 cm³/mol. The van der Waals surface area contributed by atoms with E-state index < -0.39 is 0 Å². The minimum Gasteiger partial charge on any atom is -0.309 e. The highest BCUT2D eigenvalue weighted by atomic mass is 14.9. The van der Waals surface area contributed by atoms with Crippen LogP contribution < -0.4 is 5.32 Å². The fraction of sp³-hybridized carbons (Fsp3) is 0.684. The Balaban J connectivity index is 1.65. The predicted octanol–water partition coefficient (Wildman–Crippen LogP) is 5.09. The van der Waals surface area contributed by atoms with Gasteiger partial charge in [0, 0.05) is 6.04 Å². The van der Waals surface area contributed by atoms with E-state index in [2.05, 4.69) is 35.6 Å². The Morgan fingerprint density at radius 2 is 1.50 bits per heavy atom. The second-order valence-corrected chi connectivity index (χ2v) is 6.85. The minimum atomic E-state index is 0.595. The van der Waals surface area contributed by atoms with Gasteiger partial charge in [0.2, 0.25) is 0 Å². The molecule has 1 atom stereocenters. The maximum Gasteiger partial charge on any atom is 0.0348 e. The molecule has 2 saturated carbocycles. The van der Waals surface area contributed by atoms with Crippen LogP contribution in [-0.4, -0.2) is 6.54 Å². The summed E-state index contributed by atoms with van der Waals surface area (Å²) >= 11 is 0. The van der Waals surface area contributed by atoms with Gasteiger partial charge in [-0.2, -0.15) is 0 Å². The van der Waals surface area contributed by atoms with Gasteiger partial charge < -0.3 is 5.32 Å². The second kappa shape index (κ2) is 7.26. The van der Waals surface area contributed by atoms with Gasteiger partial charge in [-0.15, -0.1) is 0 Å². The standard InChI is InChI=1S/C19H29N/c1-3-11-17(12-4-1)19(18-13-5-2-6-14-18)20-15-16-9-7-8-10-16/h1,3-4,11-12,16,18-20H,2,5-10,13-15H2. The molecular weight excluding hydrogens is 242 g/mol. The monoisotopic (exact) mass is 271 g/mol. The summed E-state index contributed by atoms with van der Waals surface area (Å²) in [5.41, 5.74) is 1.51. The average Bonchev–Trinajstić information content (AvgIpc) is 3.03. The third kappa shape index (κ3) is 3.63. The lowest BCUT2D eigenvalue weighted by Gasteiger charge is -2.32. The maximum atomic E-state index is 3.95. The highest BCUT2D eigenvalue weighted by Crippen LogP contribution is 2.35. The van der Waals surface area contributed by atoms with Gasteiger partial charge in [0.1, 0.15) is 0 Å². The molecule has 110 valence electrons. The van der Waals surface area contributed by atoms with Crippen LogP contribution in [0.25, 0.3) is 0 Å². The van der Waals surface area contributed by atoms with Gasteiger partial charge in [-0.05, 0) is 49.6 Å². The second-order valence-electron chi connectivity index (χ2n) is 6.85. The molecule has 0 amide bonds. The van der Waals surface area contributed by atoms with Crippen LogP contribution in [-0.2, 0) is 0 Å². The van der Waals surface area contributed by atoms with Crippen molar-refractivity contribution in [3.05, 3.63) is 35.9 Å². The van der Waals surface area contributed by atoms with Gasteiger partial charge in [0.15, 0.2) is 0 Å². The molecule has 3 rings (SSSR count). The lowest BCUT2D eigenvalue weighted by atomic mass is 9.81. The smallest absolute Gasteiger partial charge is 0.0348 e. The van der Waals surface area contributed by atoms with Crippen molar-refractivity contribution in [3.8, 4) is 0 Å². The zero-order chi connectivity index (χ0) is 13.6. The first-order chi connectivity index (χ1) is 9.93. The number of nitrogens with one attached hydrogen (secondary N) is 1. The molecule has 0 aromatic heterocycles. The molecule has 1 heteroatoms. The fourth-order valence-corrected chi connectivity index (χ4v) is 4.19. The van der Waals surface area contributed by atoms with Crippen LogP contribution in [0.1, 0.15) is 69.4 Å². The molecule has 2 aliphatic rings. The Morgan fingerprint density at radius 1 is 0.850 bits per heavy atom. The largest absolute Gasteiger partial charge is 0.309 e. The van der Waals surface area contributed by atoms with Crippen molar-refractivity contribution in [2.24, 2.45) is 11.8 Å². The third-order valence-corrected chi connectivity index (χ3v) is 5.38. The summed E-state index contributed by atoms with van der Waals surface area (Å²) in [6, 6.07) is 11.8. The molecule has 1 N–H and O–H groups in total. The molecule has 0 bridgehead atoms. The maximum absolute atomic E-state index is 3.95. The normalized spacial score (nSPS) is 23.0. The highest BCUT2D eigenvalue weighted by Gasteiger charge is 2.26. The summed E-state index contributed by atoms with van der Waals surface area (Å²) in [5.74, 6) is 1.79. The van der Waals surface area contributed by atoms with E-state index in [-0.39, 0.29) is 0 Å². The van der Waals surface area contributed by atoms with E-state index >= 15 is 0 Å². The third-order valence-electron chi connectivity index (χ3n) is 5.38. The molecule has 2 fully saturated rings. The lowest BCUT2D eigenvalue weighted by Crippen LogP contribution is -2.32. The van der Waals surface area contributed by atoms with Crippen LogP contribution in [0, 0.1) is 11.8 Å². The van der Waals surface area contributed by atoms with Crippen LogP contribution in [0.5, 0.6) is 0 Å². The van der Waals surface area contributed by atoms with Gasteiger partial charge in [-0.1, -0.05) is 62.4 Å². The van der Waals surface area contributed by atoms with E-state index in [4.69, 9.17) is 0 Å². The van der Waals surface area contributed by atoms with E-state index in [9.17, 15) is 0 Å². The van der Waals surface area contributed by atoms with Crippen LogP contribution >= 0.6 is 0 Å².